The molecule has 2 aromatic rings. The van der Waals surface area contributed by atoms with Gasteiger partial charge >= 0.3 is 0 Å². The second kappa shape index (κ2) is 8.09. The minimum atomic E-state index is -0.260. The fraction of sp³-hybridized carbons (Fsp3) is 0.278. The van der Waals surface area contributed by atoms with Gasteiger partial charge in [0.25, 0.3) is 0 Å². The Morgan fingerprint density at radius 3 is 2.57 bits per heavy atom. The summed E-state index contributed by atoms with van der Waals surface area (Å²) >= 11 is 6.13. The summed E-state index contributed by atoms with van der Waals surface area (Å²) in [7, 11) is 1.78. The minimum absolute atomic E-state index is 0.128. The van der Waals surface area contributed by atoms with E-state index in [1.54, 1.807) is 36.2 Å². The number of nitrogens with one attached hydrogen (secondary N) is 1. The lowest BCUT2D eigenvalue weighted by molar-refractivity contribution is -0.122. The van der Waals surface area contributed by atoms with Crippen LogP contribution in [0.1, 0.15) is 24.1 Å². The van der Waals surface area contributed by atoms with E-state index in [0.29, 0.717) is 17.1 Å². The smallest absolute Gasteiger partial charge is 0.234 e. The largest absolute Gasteiger partial charge is 0.348 e. The molecule has 1 N–H and O–H groups in total. The number of amides is 1. The van der Waals surface area contributed by atoms with Crippen molar-refractivity contribution in [2.75, 3.05) is 13.6 Å². The van der Waals surface area contributed by atoms with E-state index in [1.165, 1.54) is 6.07 Å². The maximum atomic E-state index is 13.6. The van der Waals surface area contributed by atoms with E-state index >= 15 is 0 Å². The van der Waals surface area contributed by atoms with E-state index in [4.69, 9.17) is 11.6 Å². The summed E-state index contributed by atoms with van der Waals surface area (Å²) in [5, 5.41) is 3.53. The van der Waals surface area contributed by atoms with Gasteiger partial charge in [-0.25, -0.2) is 4.39 Å². The van der Waals surface area contributed by atoms with E-state index in [2.05, 4.69) is 5.32 Å². The second-order valence-electron chi connectivity index (χ2n) is 5.57. The average Bonchev–Trinajstić information content (AvgIpc) is 2.49. The van der Waals surface area contributed by atoms with Crippen molar-refractivity contribution in [2.45, 2.75) is 19.5 Å². The van der Waals surface area contributed by atoms with Crippen LogP contribution in [0.2, 0.25) is 5.02 Å². The van der Waals surface area contributed by atoms with Crippen LogP contribution in [-0.4, -0.2) is 24.4 Å². The zero-order valence-electron chi connectivity index (χ0n) is 13.2. The Morgan fingerprint density at radius 1 is 1.22 bits per heavy atom. The molecule has 0 spiro atoms. The molecule has 1 atom stereocenters. The van der Waals surface area contributed by atoms with Crippen molar-refractivity contribution in [3.63, 3.8) is 0 Å². The van der Waals surface area contributed by atoms with Crippen LogP contribution in [0.15, 0.2) is 48.5 Å². The summed E-state index contributed by atoms with van der Waals surface area (Å²) in [5.41, 5.74) is 1.45. The topological polar surface area (TPSA) is 32.3 Å². The van der Waals surface area contributed by atoms with Gasteiger partial charge in [-0.2, -0.15) is 0 Å². The third-order valence-corrected chi connectivity index (χ3v) is 3.91. The lowest BCUT2D eigenvalue weighted by Gasteiger charge is -2.20. The highest BCUT2D eigenvalue weighted by Crippen LogP contribution is 2.22. The average molecular weight is 335 g/mol. The summed E-state index contributed by atoms with van der Waals surface area (Å²) in [5.74, 6) is -0.388. The first-order valence-electron chi connectivity index (χ1n) is 7.43. The van der Waals surface area contributed by atoms with E-state index < -0.39 is 0 Å². The molecule has 0 aliphatic rings. The van der Waals surface area contributed by atoms with Crippen molar-refractivity contribution < 1.29 is 9.18 Å². The van der Waals surface area contributed by atoms with E-state index in [1.807, 2.05) is 25.1 Å². The monoisotopic (exact) mass is 334 g/mol. The van der Waals surface area contributed by atoms with E-state index in [-0.39, 0.29) is 24.3 Å². The van der Waals surface area contributed by atoms with Gasteiger partial charge in [-0.15, -0.1) is 0 Å². The highest BCUT2D eigenvalue weighted by atomic mass is 35.5. The SMILES string of the molecule is CC(NC(=O)CN(C)Cc1ccccc1F)c1ccccc1Cl. The molecule has 0 aromatic heterocycles. The molecule has 2 rings (SSSR count). The first-order valence-corrected chi connectivity index (χ1v) is 7.81. The van der Waals surface area contributed by atoms with Crippen LogP contribution in [0.4, 0.5) is 4.39 Å². The van der Waals surface area contributed by atoms with Gasteiger partial charge in [-0.1, -0.05) is 48.0 Å². The molecule has 122 valence electrons. The van der Waals surface area contributed by atoms with Crippen LogP contribution >= 0.6 is 11.6 Å². The van der Waals surface area contributed by atoms with Gasteiger partial charge < -0.3 is 5.32 Å². The van der Waals surface area contributed by atoms with Gasteiger partial charge in [0, 0.05) is 17.1 Å². The number of nitrogens with zero attached hydrogens (tertiary/aromatic N) is 1. The standard InChI is InChI=1S/C18H20ClFN2O/c1-13(15-8-4-5-9-16(15)19)21-18(23)12-22(2)11-14-7-3-6-10-17(14)20/h3-10,13H,11-12H2,1-2H3,(H,21,23). The molecule has 0 saturated heterocycles. The Morgan fingerprint density at radius 2 is 1.87 bits per heavy atom. The molecule has 0 radical (unpaired) electrons. The highest BCUT2D eigenvalue weighted by molar-refractivity contribution is 6.31. The molecule has 0 aliphatic carbocycles. The molecular formula is C18H20ClFN2O. The maximum absolute atomic E-state index is 13.6. The van der Waals surface area contributed by atoms with E-state index in [9.17, 15) is 9.18 Å². The molecule has 0 saturated carbocycles. The van der Waals surface area contributed by atoms with Crippen molar-refractivity contribution >= 4 is 17.5 Å². The molecule has 3 nitrogen and oxygen atoms in total. The van der Waals surface area contributed by atoms with Crippen LogP contribution < -0.4 is 5.32 Å². The number of hydrogen-bond donors (Lipinski definition) is 1. The first-order chi connectivity index (χ1) is 11.0. The van der Waals surface area contributed by atoms with Crippen molar-refractivity contribution in [1.82, 2.24) is 10.2 Å². The predicted octanol–water partition coefficient (Wildman–Crippen LogP) is 3.79. The Labute approximate surface area is 141 Å². The third kappa shape index (κ3) is 5.05. The number of hydrogen-bond acceptors (Lipinski definition) is 2. The van der Waals surface area contributed by atoms with Gasteiger partial charge in [0.15, 0.2) is 0 Å². The fourth-order valence-electron chi connectivity index (χ4n) is 2.41. The Kier molecular flexibility index (Phi) is 6.13. The molecular weight excluding hydrogens is 315 g/mol. The normalized spacial score (nSPS) is 12.2. The molecule has 0 fully saturated rings. The summed E-state index contributed by atoms with van der Waals surface area (Å²) in [6, 6.07) is 13.8. The van der Waals surface area contributed by atoms with Crippen LogP contribution in [0.3, 0.4) is 0 Å². The maximum Gasteiger partial charge on any atom is 0.234 e. The zero-order chi connectivity index (χ0) is 16.8. The zero-order valence-corrected chi connectivity index (χ0v) is 14.0. The number of likely N-dealkylation sites (N-methyl/N-ethyl adjacent to an activating group) is 1. The summed E-state index contributed by atoms with van der Waals surface area (Å²) in [6.45, 7) is 2.44. The van der Waals surface area contributed by atoms with Crippen molar-refractivity contribution in [2.24, 2.45) is 0 Å². The Hall–Kier alpha value is -1.91. The number of halogens is 2. The summed E-state index contributed by atoms with van der Waals surface area (Å²) in [6.07, 6.45) is 0. The molecule has 5 heteroatoms. The van der Waals surface area contributed by atoms with Gasteiger partial charge in [-0.3, -0.25) is 9.69 Å². The Balaban J connectivity index is 1.89. The molecule has 2 aromatic carbocycles. The fourth-order valence-corrected chi connectivity index (χ4v) is 2.71. The van der Waals surface area contributed by atoms with Crippen LogP contribution in [0.25, 0.3) is 0 Å². The second-order valence-corrected chi connectivity index (χ2v) is 5.98. The van der Waals surface area contributed by atoms with E-state index in [0.717, 1.165) is 5.56 Å². The molecule has 23 heavy (non-hydrogen) atoms. The molecule has 0 heterocycles. The lowest BCUT2D eigenvalue weighted by Crippen LogP contribution is -2.36. The quantitative estimate of drug-likeness (QED) is 0.871. The number of carbonyl (C=O) groups excluding carboxylic acids is 1. The predicted molar refractivity (Wildman–Crippen MR) is 90.7 cm³/mol. The summed E-state index contributed by atoms with van der Waals surface area (Å²) < 4.78 is 13.6. The lowest BCUT2D eigenvalue weighted by atomic mass is 10.1. The van der Waals surface area contributed by atoms with Gasteiger partial charge in [-0.05, 0) is 31.7 Å². The molecule has 1 amide bonds. The van der Waals surface area contributed by atoms with Crippen LogP contribution in [-0.2, 0) is 11.3 Å². The Bertz CT molecular complexity index is 678. The number of rotatable bonds is 6. The minimum Gasteiger partial charge on any atom is -0.348 e. The third-order valence-electron chi connectivity index (χ3n) is 3.56. The van der Waals surface area contributed by atoms with Gasteiger partial charge in [0.05, 0.1) is 12.6 Å². The number of benzene rings is 2. The van der Waals surface area contributed by atoms with Crippen molar-refractivity contribution in [3.8, 4) is 0 Å². The van der Waals surface area contributed by atoms with Crippen LogP contribution in [0.5, 0.6) is 0 Å². The molecule has 0 aliphatic heterocycles. The molecule has 0 bridgehead atoms. The molecule has 1 unspecified atom stereocenters. The number of carbonyl (C=O) groups is 1. The summed E-state index contributed by atoms with van der Waals surface area (Å²) in [4.78, 5) is 13.9. The first kappa shape index (κ1) is 17.4. The highest BCUT2D eigenvalue weighted by Gasteiger charge is 2.14. The van der Waals surface area contributed by atoms with Gasteiger partial charge in [0.2, 0.25) is 5.91 Å². The van der Waals surface area contributed by atoms with Gasteiger partial charge in [0.1, 0.15) is 5.82 Å². The van der Waals surface area contributed by atoms with Crippen LogP contribution in [0, 0.1) is 5.82 Å². The van der Waals surface area contributed by atoms with Crippen molar-refractivity contribution in [1.29, 1.82) is 0 Å². The van der Waals surface area contributed by atoms with Crippen molar-refractivity contribution in [3.05, 3.63) is 70.5 Å².